The molecule has 6 nitrogen and oxygen atoms in total. The fourth-order valence-electron chi connectivity index (χ4n) is 1.28. The van der Waals surface area contributed by atoms with Gasteiger partial charge in [-0.2, -0.15) is 0 Å². The Morgan fingerprint density at radius 1 is 0.727 bits per heavy atom. The monoisotopic (exact) mass is 334 g/mol. The lowest BCUT2D eigenvalue weighted by molar-refractivity contribution is -0.163. The average molecular weight is 334 g/mol. The Morgan fingerprint density at radius 3 is 1.32 bits per heavy atom. The summed E-state index contributed by atoms with van der Waals surface area (Å²) in [5, 5.41) is 17.3. The summed E-state index contributed by atoms with van der Waals surface area (Å²) in [7, 11) is 0. The maximum atomic E-state index is 11.9. The molecule has 0 bridgehead atoms. The molecule has 0 aliphatic rings. The summed E-state index contributed by atoms with van der Waals surface area (Å²) in [5.41, 5.74) is 0. The van der Waals surface area contributed by atoms with E-state index in [1.807, 2.05) is 0 Å². The first kappa shape index (κ1) is 20.6. The van der Waals surface area contributed by atoms with Gasteiger partial charge in [0.2, 0.25) is 12.2 Å². The second-order valence-electron chi connectivity index (χ2n) is 4.31. The lowest BCUT2D eigenvalue weighted by atomic mass is 10.2. The van der Waals surface area contributed by atoms with Gasteiger partial charge in [-0.1, -0.05) is 0 Å². The molecule has 0 aromatic heterocycles. The Hall–Kier alpha value is -1.42. The highest BCUT2D eigenvalue weighted by Crippen LogP contribution is 2.06. The van der Waals surface area contributed by atoms with Crippen LogP contribution in [0.1, 0.15) is 25.7 Å². The van der Waals surface area contributed by atoms with Crippen molar-refractivity contribution in [3.8, 4) is 0 Å². The van der Waals surface area contributed by atoms with Crippen LogP contribution in [0.4, 0.5) is 17.6 Å². The van der Waals surface area contributed by atoms with Crippen LogP contribution in [0.2, 0.25) is 0 Å². The van der Waals surface area contributed by atoms with Crippen LogP contribution in [0.25, 0.3) is 0 Å². The maximum absolute atomic E-state index is 11.9. The number of hydrogen-bond donors (Lipinski definition) is 2. The van der Waals surface area contributed by atoms with Crippen molar-refractivity contribution in [3.05, 3.63) is 0 Å². The molecule has 2 N–H and O–H groups in total. The number of esters is 2. The molecule has 0 heterocycles. The molecule has 0 aliphatic heterocycles. The first-order valence-electron chi connectivity index (χ1n) is 6.53. The van der Waals surface area contributed by atoms with Gasteiger partial charge in [-0.3, -0.25) is 0 Å². The first-order valence-corrected chi connectivity index (χ1v) is 6.53. The lowest BCUT2D eigenvalue weighted by Gasteiger charge is -2.10. The number of rotatable bonds is 11. The molecule has 0 unspecified atom stereocenters. The van der Waals surface area contributed by atoms with Crippen LogP contribution in [-0.4, -0.2) is 60.4 Å². The summed E-state index contributed by atoms with van der Waals surface area (Å²) in [6.45, 7) is -0.293. The Labute approximate surface area is 124 Å². The third-order valence-electron chi connectivity index (χ3n) is 2.49. The highest BCUT2D eigenvalue weighted by molar-refractivity contribution is 5.75. The van der Waals surface area contributed by atoms with Crippen molar-refractivity contribution in [2.24, 2.45) is 0 Å². The maximum Gasteiger partial charge on any atom is 0.341 e. The van der Waals surface area contributed by atoms with Crippen LogP contribution in [0.3, 0.4) is 0 Å². The summed E-state index contributed by atoms with van der Waals surface area (Å²) >= 11 is 0. The molecule has 0 amide bonds. The van der Waals surface area contributed by atoms with Gasteiger partial charge < -0.3 is 19.7 Å². The number of aliphatic hydroxyl groups is 2. The van der Waals surface area contributed by atoms with Gasteiger partial charge in [0.25, 0.3) is 12.9 Å². The van der Waals surface area contributed by atoms with Gasteiger partial charge in [0, 0.05) is 0 Å². The number of aliphatic hydroxyl groups excluding tert-OH is 2. The Morgan fingerprint density at radius 2 is 1.05 bits per heavy atom. The van der Waals surface area contributed by atoms with Crippen LogP contribution < -0.4 is 0 Å². The number of ether oxygens (including phenoxy) is 2. The van der Waals surface area contributed by atoms with E-state index in [2.05, 4.69) is 9.47 Å². The van der Waals surface area contributed by atoms with Gasteiger partial charge in [-0.05, 0) is 25.7 Å². The summed E-state index contributed by atoms with van der Waals surface area (Å²) in [4.78, 5) is 21.6. The van der Waals surface area contributed by atoms with Crippen molar-refractivity contribution >= 4 is 11.9 Å². The van der Waals surface area contributed by atoms with Crippen LogP contribution >= 0.6 is 0 Å². The van der Waals surface area contributed by atoms with E-state index in [1.54, 1.807) is 0 Å². The quantitative estimate of drug-likeness (QED) is 0.331. The molecule has 0 aromatic carbocycles. The molecule has 0 aromatic rings. The van der Waals surface area contributed by atoms with Gasteiger partial charge in [0.05, 0.1) is 13.2 Å². The second kappa shape index (κ2) is 11.2. The van der Waals surface area contributed by atoms with Crippen LogP contribution in [-0.2, 0) is 19.1 Å². The summed E-state index contributed by atoms with van der Waals surface area (Å²) in [6.07, 6.45) is -9.62. The van der Waals surface area contributed by atoms with Crippen molar-refractivity contribution in [2.75, 3.05) is 13.2 Å². The molecular weight excluding hydrogens is 316 g/mol. The van der Waals surface area contributed by atoms with Crippen LogP contribution in [0.15, 0.2) is 0 Å². The molecule has 22 heavy (non-hydrogen) atoms. The standard InChI is InChI=1S/C12H18F4O6/c13-9(14)7(17)11(19)21-5-3-1-2-4-6-22-12(20)8(18)10(15)16/h7-10,17-18H,1-6H2/t7-,8-/m0/s1. The first-order chi connectivity index (χ1) is 10.3. The van der Waals surface area contributed by atoms with E-state index in [1.165, 1.54) is 0 Å². The number of halogens is 4. The third kappa shape index (κ3) is 8.78. The Balaban J connectivity index is 3.52. The zero-order chi connectivity index (χ0) is 17.1. The van der Waals surface area contributed by atoms with E-state index >= 15 is 0 Å². The normalized spacial score (nSPS) is 14.0. The van der Waals surface area contributed by atoms with E-state index in [0.29, 0.717) is 25.7 Å². The molecular formula is C12H18F4O6. The van der Waals surface area contributed by atoms with Gasteiger partial charge in [-0.15, -0.1) is 0 Å². The largest absolute Gasteiger partial charge is 0.464 e. The van der Waals surface area contributed by atoms with Crippen molar-refractivity contribution in [2.45, 2.75) is 50.7 Å². The molecule has 130 valence electrons. The molecule has 10 heteroatoms. The summed E-state index contributed by atoms with van der Waals surface area (Å²) in [6, 6.07) is 0. The van der Waals surface area contributed by atoms with Crippen molar-refractivity contribution in [1.82, 2.24) is 0 Å². The molecule has 0 rings (SSSR count). The zero-order valence-electron chi connectivity index (χ0n) is 11.6. The molecule has 0 fully saturated rings. The minimum atomic E-state index is -3.20. The van der Waals surface area contributed by atoms with Gasteiger partial charge in [0.15, 0.2) is 0 Å². The van der Waals surface area contributed by atoms with E-state index in [9.17, 15) is 27.2 Å². The topological polar surface area (TPSA) is 93.1 Å². The highest BCUT2D eigenvalue weighted by atomic mass is 19.3. The fourth-order valence-corrected chi connectivity index (χ4v) is 1.28. The Kier molecular flexibility index (Phi) is 10.5. The number of unbranched alkanes of at least 4 members (excludes halogenated alkanes) is 3. The van der Waals surface area contributed by atoms with Crippen molar-refractivity contribution in [3.63, 3.8) is 0 Å². The molecule has 0 radical (unpaired) electrons. The summed E-state index contributed by atoms with van der Waals surface area (Å²) in [5.74, 6) is -2.80. The molecule has 2 atom stereocenters. The Bertz CT molecular complexity index is 308. The predicted molar refractivity (Wildman–Crippen MR) is 64.4 cm³/mol. The minimum Gasteiger partial charge on any atom is -0.464 e. The van der Waals surface area contributed by atoms with Gasteiger partial charge >= 0.3 is 11.9 Å². The van der Waals surface area contributed by atoms with Crippen LogP contribution in [0.5, 0.6) is 0 Å². The molecule has 0 aliphatic carbocycles. The summed E-state index contributed by atoms with van der Waals surface area (Å²) < 4.78 is 56.4. The van der Waals surface area contributed by atoms with Crippen LogP contribution in [0, 0.1) is 0 Å². The predicted octanol–water partition coefficient (Wildman–Crippen LogP) is 0.885. The van der Waals surface area contributed by atoms with E-state index in [4.69, 9.17) is 10.2 Å². The van der Waals surface area contributed by atoms with E-state index in [0.717, 1.165) is 0 Å². The van der Waals surface area contributed by atoms with Gasteiger partial charge in [-0.25, -0.2) is 27.2 Å². The number of carbonyl (C=O) groups excluding carboxylic acids is 2. The van der Waals surface area contributed by atoms with E-state index in [-0.39, 0.29) is 13.2 Å². The third-order valence-corrected chi connectivity index (χ3v) is 2.49. The zero-order valence-corrected chi connectivity index (χ0v) is 11.6. The lowest BCUT2D eigenvalue weighted by Crippen LogP contribution is -2.30. The fraction of sp³-hybridized carbons (Fsp3) is 0.833. The number of hydrogen-bond acceptors (Lipinski definition) is 6. The van der Waals surface area contributed by atoms with Crippen molar-refractivity contribution in [1.29, 1.82) is 0 Å². The van der Waals surface area contributed by atoms with Crippen molar-refractivity contribution < 1.29 is 46.8 Å². The smallest absolute Gasteiger partial charge is 0.341 e. The van der Waals surface area contributed by atoms with Gasteiger partial charge in [0.1, 0.15) is 0 Å². The molecule has 0 saturated carbocycles. The molecule has 0 saturated heterocycles. The minimum absolute atomic E-state index is 0.146. The molecule has 0 spiro atoms. The number of alkyl halides is 4. The second-order valence-corrected chi connectivity index (χ2v) is 4.31. The average Bonchev–Trinajstić information content (AvgIpc) is 2.47. The van der Waals surface area contributed by atoms with E-state index < -0.39 is 37.0 Å². The SMILES string of the molecule is O=C(OCCCCCCOC(=O)[C@@H](O)C(F)F)[C@@H](O)C(F)F. The highest BCUT2D eigenvalue weighted by Gasteiger charge is 2.27. The number of carbonyl (C=O) groups is 2.